The predicted octanol–water partition coefficient (Wildman–Crippen LogP) is 4.22. The molecule has 0 aliphatic carbocycles. The van der Waals surface area contributed by atoms with Crippen LogP contribution in [0.15, 0.2) is 30.3 Å². The second-order valence-electron chi connectivity index (χ2n) is 5.66. The number of benzene rings is 1. The van der Waals surface area contributed by atoms with E-state index in [0.29, 0.717) is 17.9 Å². The van der Waals surface area contributed by atoms with E-state index in [9.17, 15) is 0 Å². The van der Waals surface area contributed by atoms with Crippen molar-refractivity contribution in [2.45, 2.75) is 52.0 Å². The fourth-order valence-corrected chi connectivity index (χ4v) is 2.93. The number of rotatable bonds is 10. The number of methoxy groups -OCH3 is 1. The molecule has 0 aliphatic heterocycles. The minimum Gasteiger partial charge on any atom is -0.385 e. The van der Waals surface area contributed by atoms with E-state index in [1.807, 2.05) is 0 Å². The lowest BCUT2D eigenvalue weighted by Crippen LogP contribution is -2.41. The van der Waals surface area contributed by atoms with E-state index in [1.165, 1.54) is 18.4 Å². The van der Waals surface area contributed by atoms with Gasteiger partial charge in [0.1, 0.15) is 0 Å². The molecule has 1 aromatic carbocycles. The van der Waals surface area contributed by atoms with Crippen molar-refractivity contribution < 1.29 is 4.74 Å². The summed E-state index contributed by atoms with van der Waals surface area (Å²) < 4.78 is 5.26. The highest BCUT2D eigenvalue weighted by Gasteiger charge is 2.26. The summed E-state index contributed by atoms with van der Waals surface area (Å²) in [5.41, 5.74) is 1.45. The molecule has 2 nitrogen and oxygen atoms in total. The molecule has 0 aromatic heterocycles. The predicted molar refractivity (Wildman–Crippen MR) is 87.2 cm³/mol. The maximum absolute atomic E-state index is 5.26. The smallest absolute Gasteiger partial charge is 0.0465 e. The van der Waals surface area contributed by atoms with Crippen LogP contribution in [0.5, 0.6) is 0 Å². The quantitative estimate of drug-likeness (QED) is 0.691. The van der Waals surface area contributed by atoms with E-state index in [1.54, 1.807) is 7.11 Å². The molecule has 114 valence electrons. The van der Waals surface area contributed by atoms with Crippen LogP contribution in [0.25, 0.3) is 0 Å². The molecule has 0 amide bonds. The lowest BCUT2D eigenvalue weighted by atomic mass is 9.81. The van der Waals surface area contributed by atoms with E-state index in [-0.39, 0.29) is 0 Å². The largest absolute Gasteiger partial charge is 0.385 e. The molecule has 0 saturated heterocycles. The van der Waals surface area contributed by atoms with Gasteiger partial charge in [-0.2, -0.15) is 0 Å². The van der Waals surface area contributed by atoms with E-state index >= 15 is 0 Å². The standard InChI is InChI=1S/C18H31NO/c1-5-13-19-18(15(3)12-14-20-4)17(6-2)16-10-8-7-9-11-16/h7-11,15,17-19H,5-6,12-14H2,1-4H3. The van der Waals surface area contributed by atoms with Crippen molar-refractivity contribution in [2.24, 2.45) is 5.92 Å². The molecule has 1 rings (SSSR count). The molecule has 20 heavy (non-hydrogen) atoms. The lowest BCUT2D eigenvalue weighted by Gasteiger charge is -2.33. The normalized spacial score (nSPS) is 15.8. The minimum atomic E-state index is 0.525. The van der Waals surface area contributed by atoms with Crippen LogP contribution >= 0.6 is 0 Å². The summed E-state index contributed by atoms with van der Waals surface area (Å²) in [5.74, 6) is 1.20. The summed E-state index contributed by atoms with van der Waals surface area (Å²) >= 11 is 0. The van der Waals surface area contributed by atoms with Gasteiger partial charge < -0.3 is 10.1 Å². The first-order chi connectivity index (χ1) is 9.74. The van der Waals surface area contributed by atoms with Gasteiger partial charge >= 0.3 is 0 Å². The zero-order valence-electron chi connectivity index (χ0n) is 13.6. The van der Waals surface area contributed by atoms with Crippen LogP contribution in [0.2, 0.25) is 0 Å². The van der Waals surface area contributed by atoms with Crippen molar-refractivity contribution in [3.8, 4) is 0 Å². The van der Waals surface area contributed by atoms with Crippen LogP contribution in [0.3, 0.4) is 0 Å². The molecule has 0 spiro atoms. The van der Waals surface area contributed by atoms with Crippen molar-refractivity contribution in [3.63, 3.8) is 0 Å². The van der Waals surface area contributed by atoms with E-state index < -0.39 is 0 Å². The molecule has 0 bridgehead atoms. The van der Waals surface area contributed by atoms with Crippen LogP contribution in [0.1, 0.15) is 51.5 Å². The third kappa shape index (κ3) is 5.26. The molecule has 0 radical (unpaired) electrons. The second-order valence-corrected chi connectivity index (χ2v) is 5.66. The van der Waals surface area contributed by atoms with Gasteiger partial charge in [0.2, 0.25) is 0 Å². The maximum Gasteiger partial charge on any atom is 0.0465 e. The molecule has 0 aliphatic rings. The highest BCUT2D eigenvalue weighted by molar-refractivity contribution is 5.21. The lowest BCUT2D eigenvalue weighted by molar-refractivity contribution is 0.164. The number of nitrogens with one attached hydrogen (secondary N) is 1. The summed E-state index contributed by atoms with van der Waals surface area (Å²) in [6.07, 6.45) is 3.46. The fourth-order valence-electron chi connectivity index (χ4n) is 2.93. The first-order valence-electron chi connectivity index (χ1n) is 8.01. The molecule has 0 saturated carbocycles. The molecule has 0 fully saturated rings. The monoisotopic (exact) mass is 277 g/mol. The van der Waals surface area contributed by atoms with Gasteiger partial charge in [0.05, 0.1) is 0 Å². The zero-order chi connectivity index (χ0) is 14.8. The van der Waals surface area contributed by atoms with Crippen LogP contribution in [-0.4, -0.2) is 26.3 Å². The Hall–Kier alpha value is -0.860. The van der Waals surface area contributed by atoms with Crippen molar-refractivity contribution >= 4 is 0 Å². The molecule has 0 heterocycles. The number of hydrogen-bond donors (Lipinski definition) is 1. The van der Waals surface area contributed by atoms with Crippen molar-refractivity contribution in [2.75, 3.05) is 20.3 Å². The van der Waals surface area contributed by atoms with Crippen molar-refractivity contribution in [3.05, 3.63) is 35.9 Å². The van der Waals surface area contributed by atoms with E-state index in [2.05, 4.69) is 56.4 Å². The summed E-state index contributed by atoms with van der Waals surface area (Å²) in [4.78, 5) is 0. The topological polar surface area (TPSA) is 21.3 Å². The van der Waals surface area contributed by atoms with Gasteiger partial charge in [-0.1, -0.05) is 51.1 Å². The number of hydrogen-bond acceptors (Lipinski definition) is 2. The molecular formula is C18H31NO. The minimum absolute atomic E-state index is 0.525. The third-order valence-corrected chi connectivity index (χ3v) is 4.12. The SMILES string of the molecule is CCCNC(C(C)CCOC)C(CC)c1ccccc1. The Labute approximate surface area is 124 Å². The van der Waals surface area contributed by atoms with Gasteiger partial charge in [-0.3, -0.25) is 0 Å². The van der Waals surface area contributed by atoms with Crippen LogP contribution in [0, 0.1) is 5.92 Å². The Bertz CT molecular complexity index is 339. The van der Waals surface area contributed by atoms with Crippen LogP contribution in [-0.2, 0) is 4.74 Å². The Morgan fingerprint density at radius 2 is 1.85 bits per heavy atom. The number of ether oxygens (including phenoxy) is 1. The third-order valence-electron chi connectivity index (χ3n) is 4.12. The second kappa shape index (κ2) is 9.95. The maximum atomic E-state index is 5.26. The van der Waals surface area contributed by atoms with Gasteiger partial charge in [0.25, 0.3) is 0 Å². The van der Waals surface area contributed by atoms with Gasteiger partial charge in [0, 0.05) is 19.8 Å². The van der Waals surface area contributed by atoms with Crippen LogP contribution < -0.4 is 5.32 Å². The van der Waals surface area contributed by atoms with Gasteiger partial charge in [-0.15, -0.1) is 0 Å². The molecular weight excluding hydrogens is 246 g/mol. The molecule has 2 heteroatoms. The molecule has 1 aromatic rings. The Morgan fingerprint density at radius 1 is 1.15 bits per heavy atom. The first-order valence-corrected chi connectivity index (χ1v) is 8.01. The average molecular weight is 277 g/mol. The summed E-state index contributed by atoms with van der Waals surface area (Å²) in [6, 6.07) is 11.4. The Kier molecular flexibility index (Phi) is 8.56. The summed E-state index contributed by atoms with van der Waals surface area (Å²) in [7, 11) is 1.79. The van der Waals surface area contributed by atoms with Gasteiger partial charge in [-0.25, -0.2) is 0 Å². The van der Waals surface area contributed by atoms with E-state index in [0.717, 1.165) is 19.6 Å². The Morgan fingerprint density at radius 3 is 2.40 bits per heavy atom. The summed E-state index contributed by atoms with van der Waals surface area (Å²) in [5, 5.41) is 3.77. The molecule has 1 N–H and O–H groups in total. The van der Waals surface area contributed by atoms with Gasteiger partial charge in [0.15, 0.2) is 0 Å². The zero-order valence-corrected chi connectivity index (χ0v) is 13.6. The van der Waals surface area contributed by atoms with E-state index in [4.69, 9.17) is 4.74 Å². The van der Waals surface area contributed by atoms with Crippen molar-refractivity contribution in [1.29, 1.82) is 0 Å². The fraction of sp³-hybridized carbons (Fsp3) is 0.667. The highest BCUT2D eigenvalue weighted by Crippen LogP contribution is 2.29. The van der Waals surface area contributed by atoms with Crippen molar-refractivity contribution in [1.82, 2.24) is 5.32 Å². The van der Waals surface area contributed by atoms with Gasteiger partial charge in [-0.05, 0) is 43.2 Å². The highest BCUT2D eigenvalue weighted by atomic mass is 16.5. The molecule has 3 unspecified atom stereocenters. The van der Waals surface area contributed by atoms with Crippen LogP contribution in [0.4, 0.5) is 0 Å². The first kappa shape index (κ1) is 17.2. The summed E-state index contributed by atoms with van der Waals surface area (Å²) in [6.45, 7) is 8.80. The molecule has 3 atom stereocenters. The average Bonchev–Trinajstić information content (AvgIpc) is 2.50. The Balaban J connectivity index is 2.82.